The molecule has 0 atom stereocenters. The number of hydrogen-bond donors (Lipinski definition) is 0. The molecule has 0 aliphatic heterocycles. The van der Waals surface area contributed by atoms with Crippen molar-refractivity contribution in [2.75, 3.05) is 0 Å². The summed E-state index contributed by atoms with van der Waals surface area (Å²) in [5, 5.41) is 7.36. The summed E-state index contributed by atoms with van der Waals surface area (Å²) in [5.74, 6) is 0. The molecule has 3 heteroatoms. The number of fused-ring (bicyclic) bond motifs is 6. The number of aromatic nitrogens is 2. The van der Waals surface area contributed by atoms with Gasteiger partial charge in [-0.2, -0.15) is 4.98 Å². The highest BCUT2D eigenvalue weighted by molar-refractivity contribution is 6.10. The molecule has 0 unspecified atom stereocenters. The second-order valence-electron chi connectivity index (χ2n) is 12.5. The molecule has 0 aliphatic rings. The van der Waals surface area contributed by atoms with Gasteiger partial charge in [0.05, 0.1) is 11.0 Å². The van der Waals surface area contributed by atoms with Crippen LogP contribution < -0.4 is 0 Å². The highest BCUT2D eigenvalue weighted by Crippen LogP contribution is 2.36. The molecule has 0 fully saturated rings. The second-order valence-corrected chi connectivity index (χ2v) is 12.5. The minimum absolute atomic E-state index is 0.583. The lowest BCUT2D eigenvalue weighted by molar-refractivity contribution is 0.574. The van der Waals surface area contributed by atoms with E-state index in [1.165, 1.54) is 65.7 Å². The third-order valence-electron chi connectivity index (χ3n) is 9.62. The normalized spacial score (nSPS) is 11.8. The molecule has 3 nitrogen and oxygen atoms in total. The van der Waals surface area contributed by atoms with Crippen LogP contribution in [0, 0.1) is 0 Å². The van der Waals surface area contributed by atoms with Crippen molar-refractivity contribution < 1.29 is 4.42 Å². The van der Waals surface area contributed by atoms with Gasteiger partial charge in [0.15, 0.2) is 5.58 Å². The van der Waals surface area contributed by atoms with Gasteiger partial charge in [-0.1, -0.05) is 121 Å². The first-order valence-electron chi connectivity index (χ1n) is 16.3. The van der Waals surface area contributed by atoms with Crippen molar-refractivity contribution >= 4 is 54.5 Å². The van der Waals surface area contributed by atoms with Crippen LogP contribution in [0.4, 0.5) is 0 Å². The van der Waals surface area contributed by atoms with Crippen LogP contribution in [0.5, 0.6) is 0 Å². The van der Waals surface area contributed by atoms with Gasteiger partial charge < -0.3 is 4.42 Å². The van der Waals surface area contributed by atoms with Gasteiger partial charge in [-0.25, -0.2) is 0 Å². The van der Waals surface area contributed by atoms with Crippen molar-refractivity contribution in [3.05, 3.63) is 170 Å². The first-order valence-corrected chi connectivity index (χ1v) is 16.3. The van der Waals surface area contributed by atoms with Crippen LogP contribution in [0.25, 0.3) is 93.8 Å². The predicted octanol–water partition coefficient (Wildman–Crippen LogP) is 12.2. The van der Waals surface area contributed by atoms with E-state index >= 15 is 0 Å². The number of rotatable bonds is 4. The third kappa shape index (κ3) is 4.33. The number of para-hydroxylation sites is 3. The van der Waals surface area contributed by atoms with E-state index in [0.29, 0.717) is 6.01 Å². The highest BCUT2D eigenvalue weighted by atomic mass is 16.4. The molecule has 0 saturated heterocycles. The molecule has 0 amide bonds. The summed E-state index contributed by atoms with van der Waals surface area (Å²) >= 11 is 0. The Balaban J connectivity index is 0.980. The number of benzene rings is 8. The van der Waals surface area contributed by atoms with Crippen molar-refractivity contribution in [3.63, 3.8) is 0 Å². The van der Waals surface area contributed by atoms with E-state index in [4.69, 9.17) is 9.40 Å². The highest BCUT2D eigenvalue weighted by Gasteiger charge is 2.17. The Labute approximate surface area is 277 Å². The van der Waals surface area contributed by atoms with E-state index in [0.717, 1.165) is 22.1 Å². The zero-order chi connectivity index (χ0) is 31.6. The summed E-state index contributed by atoms with van der Waals surface area (Å²) < 4.78 is 8.34. The maximum atomic E-state index is 6.22. The maximum absolute atomic E-state index is 6.22. The van der Waals surface area contributed by atoms with Crippen molar-refractivity contribution in [1.29, 1.82) is 0 Å². The van der Waals surface area contributed by atoms with Gasteiger partial charge >= 0.3 is 6.01 Å². The summed E-state index contributed by atoms with van der Waals surface area (Å²) in [4.78, 5) is 4.82. The number of nitrogens with zero attached hydrogens (tertiary/aromatic N) is 2. The summed E-state index contributed by atoms with van der Waals surface area (Å²) in [6, 6.07) is 61.3. The largest absolute Gasteiger partial charge is 0.423 e. The Morgan fingerprint density at radius 3 is 1.60 bits per heavy atom. The molecule has 8 aromatic carbocycles. The number of hydrogen-bond acceptors (Lipinski definition) is 2. The zero-order valence-electron chi connectivity index (χ0n) is 26.0. The van der Waals surface area contributed by atoms with Gasteiger partial charge in [0.2, 0.25) is 0 Å². The van der Waals surface area contributed by atoms with Crippen molar-refractivity contribution in [2.24, 2.45) is 0 Å². The van der Waals surface area contributed by atoms with Gasteiger partial charge in [-0.15, -0.1) is 0 Å². The van der Waals surface area contributed by atoms with Gasteiger partial charge in [0.25, 0.3) is 0 Å². The first kappa shape index (κ1) is 26.7. The topological polar surface area (TPSA) is 31.0 Å². The van der Waals surface area contributed by atoms with Gasteiger partial charge in [0, 0.05) is 10.8 Å². The van der Waals surface area contributed by atoms with E-state index in [-0.39, 0.29) is 0 Å². The molecule has 2 heterocycles. The van der Waals surface area contributed by atoms with Crippen molar-refractivity contribution in [3.8, 4) is 39.4 Å². The smallest absolute Gasteiger partial charge is 0.307 e. The van der Waals surface area contributed by atoms with Crippen molar-refractivity contribution in [2.45, 2.75) is 0 Å². The lowest BCUT2D eigenvalue weighted by atomic mass is 9.95. The Bertz CT molecular complexity index is 2800. The van der Waals surface area contributed by atoms with E-state index < -0.39 is 0 Å². The Morgan fingerprint density at radius 1 is 0.375 bits per heavy atom. The standard InChI is InChI=1S/C45H28N2O/c1-2-8-32-25-34(18-17-29(32)7-1)37-22-21-35-26-33(19-20-36(35)27-37)30-13-15-31(16-14-30)38-23-24-43-40(28-38)39-9-3-5-11-42(39)47(43)45-46-41-10-4-6-12-44(41)48-45/h1-28H. The molecule has 48 heavy (non-hydrogen) atoms. The summed E-state index contributed by atoms with van der Waals surface area (Å²) in [6.07, 6.45) is 0. The molecule has 0 N–H and O–H groups in total. The van der Waals surface area contributed by atoms with Gasteiger partial charge in [-0.05, 0) is 103 Å². The van der Waals surface area contributed by atoms with Crippen LogP contribution in [0.3, 0.4) is 0 Å². The Hall–Kier alpha value is -6.45. The van der Waals surface area contributed by atoms with E-state index in [9.17, 15) is 0 Å². The quantitative estimate of drug-likeness (QED) is 0.198. The molecular formula is C45H28N2O. The fourth-order valence-electron chi connectivity index (χ4n) is 7.14. The lowest BCUT2D eigenvalue weighted by Crippen LogP contribution is -1.93. The summed E-state index contributed by atoms with van der Waals surface area (Å²) in [5.41, 5.74) is 11.0. The average Bonchev–Trinajstić information content (AvgIpc) is 3.73. The molecular weight excluding hydrogens is 585 g/mol. The molecule has 224 valence electrons. The molecule has 10 aromatic rings. The van der Waals surface area contributed by atoms with Gasteiger partial charge in [0.1, 0.15) is 5.52 Å². The predicted molar refractivity (Wildman–Crippen MR) is 200 cm³/mol. The van der Waals surface area contributed by atoms with E-state index in [1.54, 1.807) is 0 Å². The fourth-order valence-corrected chi connectivity index (χ4v) is 7.14. The molecule has 0 radical (unpaired) electrons. The van der Waals surface area contributed by atoms with Crippen molar-refractivity contribution in [1.82, 2.24) is 9.55 Å². The van der Waals surface area contributed by atoms with Crippen LogP contribution in [-0.4, -0.2) is 9.55 Å². The minimum atomic E-state index is 0.583. The maximum Gasteiger partial charge on any atom is 0.307 e. The Morgan fingerprint density at radius 2 is 0.875 bits per heavy atom. The van der Waals surface area contributed by atoms with Crippen LogP contribution in [0.2, 0.25) is 0 Å². The zero-order valence-corrected chi connectivity index (χ0v) is 26.0. The third-order valence-corrected chi connectivity index (χ3v) is 9.62. The molecule has 0 saturated carbocycles. The van der Waals surface area contributed by atoms with E-state index in [1.807, 2.05) is 24.3 Å². The number of oxazole rings is 1. The minimum Gasteiger partial charge on any atom is -0.423 e. The summed E-state index contributed by atoms with van der Waals surface area (Å²) in [7, 11) is 0. The molecule has 2 aromatic heterocycles. The van der Waals surface area contributed by atoms with Crippen LogP contribution in [0.1, 0.15) is 0 Å². The molecule has 0 aliphatic carbocycles. The molecule has 10 rings (SSSR count). The lowest BCUT2D eigenvalue weighted by Gasteiger charge is -2.09. The second kappa shape index (κ2) is 10.5. The fraction of sp³-hybridized carbons (Fsp3) is 0. The Kier molecular flexibility index (Phi) is 5.87. The SMILES string of the molecule is c1ccc2cc(-c3ccc4cc(-c5ccc(-c6ccc7c(c6)c6ccccc6n7-c6nc7ccccc7o6)cc5)ccc4c3)ccc2c1. The average molecular weight is 613 g/mol. The van der Waals surface area contributed by atoms with Crippen LogP contribution in [0.15, 0.2) is 174 Å². The monoisotopic (exact) mass is 612 g/mol. The van der Waals surface area contributed by atoms with Crippen LogP contribution >= 0.6 is 0 Å². The molecule has 0 spiro atoms. The summed E-state index contributed by atoms with van der Waals surface area (Å²) in [6.45, 7) is 0. The first-order chi connectivity index (χ1) is 23.7. The van der Waals surface area contributed by atoms with Crippen LogP contribution in [-0.2, 0) is 0 Å². The van der Waals surface area contributed by atoms with Gasteiger partial charge in [-0.3, -0.25) is 4.57 Å². The molecule has 0 bridgehead atoms. The van der Waals surface area contributed by atoms with E-state index in [2.05, 4.69) is 150 Å².